The van der Waals surface area contributed by atoms with Crippen LogP contribution in [0.3, 0.4) is 0 Å². The van der Waals surface area contributed by atoms with Gasteiger partial charge in [0.1, 0.15) is 0 Å². The molecule has 4 N–H and O–H groups in total. The second kappa shape index (κ2) is 8.72. The highest BCUT2D eigenvalue weighted by Gasteiger charge is 1.91. The summed E-state index contributed by atoms with van der Waals surface area (Å²) in [7, 11) is 0. The topological polar surface area (TPSA) is 67.2 Å². The van der Waals surface area contributed by atoms with Crippen LogP contribution in [0.5, 0.6) is 0 Å². The van der Waals surface area contributed by atoms with E-state index < -0.39 is 0 Å². The van der Waals surface area contributed by atoms with Gasteiger partial charge in [-0.25, -0.2) is 0 Å². The fraction of sp³-hybridized carbons (Fsp3) is 0.700. The normalized spacial score (nSPS) is 11.5. The predicted molar refractivity (Wildman–Crippen MR) is 59.0 cm³/mol. The summed E-state index contributed by atoms with van der Waals surface area (Å²) in [6, 6.07) is 0. The summed E-state index contributed by atoms with van der Waals surface area (Å²) in [6.07, 6.45) is 2.60. The van der Waals surface area contributed by atoms with E-state index in [0.717, 1.165) is 38.3 Å². The number of hydrogen-bond donors (Lipinski definition) is 3. The molecule has 82 valence electrons. The number of hydrogen-bond acceptors (Lipinski definition) is 4. The molecule has 4 heteroatoms. The lowest BCUT2D eigenvalue weighted by Crippen LogP contribution is -2.28. The van der Waals surface area contributed by atoms with E-state index >= 15 is 0 Å². The molecule has 0 bridgehead atoms. The van der Waals surface area contributed by atoms with Gasteiger partial charge in [0.05, 0.1) is 0 Å². The third-order valence-corrected chi connectivity index (χ3v) is 1.68. The molecule has 0 fully saturated rings. The smallest absolute Gasteiger partial charge is 0.154 e. The van der Waals surface area contributed by atoms with Gasteiger partial charge in [0.2, 0.25) is 0 Å². The van der Waals surface area contributed by atoms with Gasteiger partial charge in [-0.05, 0) is 39.4 Å². The van der Waals surface area contributed by atoms with Crippen LogP contribution < -0.4 is 16.4 Å². The maximum absolute atomic E-state index is 10.7. The highest BCUT2D eigenvalue weighted by Crippen LogP contribution is 1.85. The molecule has 0 aromatic heterocycles. The molecule has 0 aliphatic carbocycles. The molecule has 0 unspecified atom stereocenters. The maximum Gasteiger partial charge on any atom is 0.154 e. The van der Waals surface area contributed by atoms with E-state index in [4.69, 9.17) is 5.73 Å². The Hall–Kier alpha value is -0.870. The minimum Gasteiger partial charge on any atom is -0.387 e. The molecule has 0 aliphatic rings. The Morgan fingerprint density at radius 3 is 2.57 bits per heavy atom. The van der Waals surface area contributed by atoms with Crippen LogP contribution in [0.4, 0.5) is 0 Å². The van der Waals surface area contributed by atoms with Gasteiger partial charge in [-0.3, -0.25) is 4.79 Å². The molecule has 0 radical (unpaired) electrons. The van der Waals surface area contributed by atoms with Crippen molar-refractivity contribution in [2.45, 2.75) is 20.3 Å². The van der Waals surface area contributed by atoms with Crippen molar-refractivity contribution in [2.24, 2.45) is 5.73 Å². The van der Waals surface area contributed by atoms with Gasteiger partial charge < -0.3 is 16.4 Å². The van der Waals surface area contributed by atoms with Gasteiger partial charge in [0, 0.05) is 18.8 Å². The number of allylic oxidation sites excluding steroid dienone is 2. The minimum atomic E-state index is 0.0751. The summed E-state index contributed by atoms with van der Waals surface area (Å²) in [5, 5.41) is 6.38. The number of ketones is 1. The zero-order valence-electron chi connectivity index (χ0n) is 9.10. The molecule has 0 aliphatic heterocycles. The Labute approximate surface area is 85.9 Å². The van der Waals surface area contributed by atoms with Crippen molar-refractivity contribution in [3.8, 4) is 0 Å². The van der Waals surface area contributed by atoms with E-state index in [-0.39, 0.29) is 5.78 Å². The first-order valence-corrected chi connectivity index (χ1v) is 5.00. The van der Waals surface area contributed by atoms with Crippen LogP contribution in [0.25, 0.3) is 0 Å². The van der Waals surface area contributed by atoms with Crippen molar-refractivity contribution in [3.63, 3.8) is 0 Å². The van der Waals surface area contributed by atoms with Gasteiger partial charge >= 0.3 is 0 Å². The van der Waals surface area contributed by atoms with Gasteiger partial charge in [0.15, 0.2) is 5.78 Å². The lowest BCUT2D eigenvalue weighted by atomic mass is 10.3. The lowest BCUT2D eigenvalue weighted by Gasteiger charge is -2.06. The van der Waals surface area contributed by atoms with Crippen LogP contribution in [-0.2, 0) is 4.79 Å². The first kappa shape index (κ1) is 13.1. The van der Waals surface area contributed by atoms with E-state index in [1.54, 1.807) is 13.0 Å². The summed E-state index contributed by atoms with van der Waals surface area (Å²) < 4.78 is 0. The number of nitrogens with one attached hydrogen (secondary N) is 2. The summed E-state index contributed by atoms with van der Waals surface area (Å²) >= 11 is 0. The number of rotatable bonds is 8. The predicted octanol–water partition coefficient (Wildman–Crippen LogP) is 0.00720. The number of nitrogens with two attached hydrogens (primary N) is 1. The van der Waals surface area contributed by atoms with E-state index in [1.807, 2.05) is 6.92 Å². The summed E-state index contributed by atoms with van der Waals surface area (Å²) in [5.41, 5.74) is 6.26. The molecule has 14 heavy (non-hydrogen) atoms. The zero-order valence-corrected chi connectivity index (χ0v) is 9.10. The first-order chi connectivity index (χ1) is 6.66. The Morgan fingerprint density at radius 1 is 1.29 bits per heavy atom. The molecular weight excluding hydrogens is 178 g/mol. The SMILES string of the molecule is CC(=O)C=C(C)NCCNCCCN. The third kappa shape index (κ3) is 9.22. The molecule has 0 amide bonds. The summed E-state index contributed by atoms with van der Waals surface area (Å²) in [4.78, 5) is 10.7. The highest BCUT2D eigenvalue weighted by atomic mass is 16.1. The van der Waals surface area contributed by atoms with Crippen LogP contribution in [0.15, 0.2) is 11.8 Å². The summed E-state index contributed by atoms with van der Waals surface area (Å²) in [6.45, 7) is 6.84. The average molecular weight is 199 g/mol. The van der Waals surface area contributed by atoms with Crippen LogP contribution in [0.1, 0.15) is 20.3 Å². The number of carbonyl (C=O) groups is 1. The molecule has 0 aromatic carbocycles. The second-order valence-corrected chi connectivity index (χ2v) is 3.26. The Kier molecular flexibility index (Phi) is 8.17. The molecule has 0 aromatic rings. The second-order valence-electron chi connectivity index (χ2n) is 3.26. The quantitative estimate of drug-likeness (QED) is 0.380. The van der Waals surface area contributed by atoms with Crippen LogP contribution >= 0.6 is 0 Å². The fourth-order valence-corrected chi connectivity index (χ4v) is 1.06. The van der Waals surface area contributed by atoms with Crippen molar-refractivity contribution in [1.82, 2.24) is 10.6 Å². The van der Waals surface area contributed by atoms with Crippen molar-refractivity contribution in [2.75, 3.05) is 26.2 Å². The minimum absolute atomic E-state index is 0.0751. The third-order valence-electron chi connectivity index (χ3n) is 1.68. The summed E-state index contributed by atoms with van der Waals surface area (Å²) in [5.74, 6) is 0.0751. The van der Waals surface area contributed by atoms with Crippen molar-refractivity contribution < 1.29 is 4.79 Å². The number of carbonyl (C=O) groups excluding carboxylic acids is 1. The Bertz CT molecular complexity index is 190. The van der Waals surface area contributed by atoms with E-state index in [1.165, 1.54) is 0 Å². The van der Waals surface area contributed by atoms with Crippen molar-refractivity contribution in [1.29, 1.82) is 0 Å². The maximum atomic E-state index is 10.7. The van der Waals surface area contributed by atoms with Crippen LogP contribution in [-0.4, -0.2) is 32.0 Å². The Balaban J connectivity index is 3.31. The first-order valence-electron chi connectivity index (χ1n) is 5.00. The van der Waals surface area contributed by atoms with E-state index in [9.17, 15) is 4.79 Å². The zero-order chi connectivity index (χ0) is 10.8. The molecule has 0 spiro atoms. The molecule has 4 nitrogen and oxygen atoms in total. The van der Waals surface area contributed by atoms with E-state index in [2.05, 4.69) is 10.6 Å². The monoisotopic (exact) mass is 199 g/mol. The van der Waals surface area contributed by atoms with Crippen molar-refractivity contribution >= 4 is 5.78 Å². The van der Waals surface area contributed by atoms with Gasteiger partial charge in [-0.1, -0.05) is 0 Å². The standard InChI is InChI=1S/C10H21N3O/c1-9(8-10(2)14)13-7-6-12-5-3-4-11/h8,12-13H,3-7,11H2,1-2H3. The van der Waals surface area contributed by atoms with Crippen LogP contribution in [0, 0.1) is 0 Å². The van der Waals surface area contributed by atoms with Crippen molar-refractivity contribution in [3.05, 3.63) is 11.8 Å². The molecule has 0 saturated carbocycles. The highest BCUT2D eigenvalue weighted by molar-refractivity contribution is 5.87. The fourth-order valence-electron chi connectivity index (χ4n) is 1.06. The largest absolute Gasteiger partial charge is 0.387 e. The lowest BCUT2D eigenvalue weighted by molar-refractivity contribution is -0.112. The molecule has 0 heterocycles. The van der Waals surface area contributed by atoms with Gasteiger partial charge in [0.25, 0.3) is 0 Å². The molecule has 0 atom stereocenters. The molecular formula is C10H21N3O. The molecule has 0 rings (SSSR count). The average Bonchev–Trinajstić information content (AvgIpc) is 2.10. The van der Waals surface area contributed by atoms with E-state index in [0.29, 0.717) is 0 Å². The Morgan fingerprint density at radius 2 is 2.00 bits per heavy atom. The molecule has 0 saturated heterocycles. The van der Waals surface area contributed by atoms with Gasteiger partial charge in [-0.15, -0.1) is 0 Å². The van der Waals surface area contributed by atoms with Gasteiger partial charge in [-0.2, -0.15) is 0 Å². The van der Waals surface area contributed by atoms with Crippen LogP contribution in [0.2, 0.25) is 0 Å².